The maximum Gasteiger partial charge on any atom is 0.228 e. The van der Waals surface area contributed by atoms with E-state index >= 15 is 0 Å². The van der Waals surface area contributed by atoms with E-state index in [0.29, 0.717) is 16.6 Å². The number of benzene rings is 1. The van der Waals surface area contributed by atoms with Gasteiger partial charge in [-0.3, -0.25) is 0 Å². The van der Waals surface area contributed by atoms with Crippen molar-refractivity contribution in [2.75, 3.05) is 0 Å². The van der Waals surface area contributed by atoms with Gasteiger partial charge in [0.2, 0.25) is 5.89 Å². The van der Waals surface area contributed by atoms with E-state index in [-0.39, 0.29) is 0 Å². The molecule has 0 bridgehead atoms. The molecule has 0 atom stereocenters. The van der Waals surface area contributed by atoms with Crippen molar-refractivity contribution in [2.24, 2.45) is 0 Å². The highest BCUT2D eigenvalue weighted by Gasteiger charge is 2.10. The van der Waals surface area contributed by atoms with Crippen LogP contribution in [0.5, 0.6) is 0 Å². The summed E-state index contributed by atoms with van der Waals surface area (Å²) in [6.45, 7) is 5.58. The number of hydrogen-bond acceptors (Lipinski definition) is 2. The van der Waals surface area contributed by atoms with Gasteiger partial charge in [0.15, 0.2) is 0 Å². The van der Waals surface area contributed by atoms with Gasteiger partial charge in [-0.25, -0.2) is 4.98 Å². The second-order valence-corrected chi connectivity index (χ2v) is 3.41. The third-order valence-electron chi connectivity index (χ3n) is 2.00. The first-order valence-corrected chi connectivity index (χ1v) is 4.60. The SMILES string of the molecule is [CH2]c1nc(-c2ccccc2Cl)oc1C. The largest absolute Gasteiger partial charge is 0.441 e. The van der Waals surface area contributed by atoms with E-state index in [9.17, 15) is 0 Å². The summed E-state index contributed by atoms with van der Waals surface area (Å²) in [5, 5.41) is 0.633. The van der Waals surface area contributed by atoms with Gasteiger partial charge < -0.3 is 4.42 Å². The van der Waals surface area contributed by atoms with Crippen LogP contribution in [0.1, 0.15) is 11.5 Å². The molecule has 0 unspecified atom stereocenters. The lowest BCUT2D eigenvalue weighted by Crippen LogP contribution is -1.78. The van der Waals surface area contributed by atoms with Crippen LogP contribution in [0.25, 0.3) is 11.5 Å². The summed E-state index contributed by atoms with van der Waals surface area (Å²) >= 11 is 6.00. The first-order valence-electron chi connectivity index (χ1n) is 4.23. The molecule has 2 rings (SSSR count). The van der Waals surface area contributed by atoms with Gasteiger partial charge >= 0.3 is 0 Å². The van der Waals surface area contributed by atoms with E-state index in [0.717, 1.165) is 11.3 Å². The number of halogens is 1. The Hall–Kier alpha value is -1.28. The van der Waals surface area contributed by atoms with Crippen LogP contribution in [0.15, 0.2) is 28.7 Å². The maximum atomic E-state index is 6.00. The van der Waals surface area contributed by atoms with Crippen LogP contribution in [0.2, 0.25) is 5.02 Å². The Morgan fingerprint density at radius 3 is 2.64 bits per heavy atom. The van der Waals surface area contributed by atoms with Crippen LogP contribution in [-0.4, -0.2) is 4.98 Å². The predicted octanol–water partition coefficient (Wildman–Crippen LogP) is 3.49. The van der Waals surface area contributed by atoms with Crippen molar-refractivity contribution < 1.29 is 4.42 Å². The summed E-state index contributed by atoms with van der Waals surface area (Å²) in [5.74, 6) is 1.25. The molecule has 1 aromatic heterocycles. The molecule has 0 N–H and O–H groups in total. The molecule has 0 saturated carbocycles. The average molecular weight is 207 g/mol. The first kappa shape index (κ1) is 9.28. The van der Waals surface area contributed by atoms with Gasteiger partial charge in [0.05, 0.1) is 16.3 Å². The van der Waals surface area contributed by atoms with Crippen molar-refractivity contribution in [1.82, 2.24) is 4.98 Å². The fourth-order valence-electron chi connectivity index (χ4n) is 1.18. The van der Waals surface area contributed by atoms with Gasteiger partial charge in [0, 0.05) is 0 Å². The Labute approximate surface area is 87.5 Å². The lowest BCUT2D eigenvalue weighted by atomic mass is 10.2. The van der Waals surface area contributed by atoms with E-state index in [1.54, 1.807) is 6.07 Å². The van der Waals surface area contributed by atoms with Gasteiger partial charge in [-0.2, -0.15) is 0 Å². The van der Waals surface area contributed by atoms with Crippen LogP contribution in [0.3, 0.4) is 0 Å². The Morgan fingerprint density at radius 2 is 2.07 bits per heavy atom. The van der Waals surface area contributed by atoms with Gasteiger partial charge in [0.25, 0.3) is 0 Å². The van der Waals surface area contributed by atoms with Crippen molar-refractivity contribution >= 4 is 11.6 Å². The third kappa shape index (κ3) is 1.53. The van der Waals surface area contributed by atoms with E-state index in [1.165, 1.54) is 0 Å². The molecule has 0 aliphatic heterocycles. The molecule has 2 aromatic rings. The molecule has 1 radical (unpaired) electrons. The number of rotatable bonds is 1. The number of nitrogens with zero attached hydrogens (tertiary/aromatic N) is 1. The summed E-state index contributed by atoms with van der Waals surface area (Å²) in [5.41, 5.74) is 1.45. The van der Waals surface area contributed by atoms with E-state index < -0.39 is 0 Å². The highest BCUT2D eigenvalue weighted by molar-refractivity contribution is 6.33. The van der Waals surface area contributed by atoms with Gasteiger partial charge in [-0.05, 0) is 26.0 Å². The standard InChI is InChI=1S/C11H9ClNO/c1-7-8(2)14-11(13-7)9-5-3-4-6-10(9)12/h3-6H,1H2,2H3. The minimum atomic E-state index is 0.526. The lowest BCUT2D eigenvalue weighted by Gasteiger charge is -1.96. The topological polar surface area (TPSA) is 26.0 Å². The van der Waals surface area contributed by atoms with E-state index in [2.05, 4.69) is 11.9 Å². The minimum Gasteiger partial charge on any atom is -0.441 e. The van der Waals surface area contributed by atoms with Crippen molar-refractivity contribution in [1.29, 1.82) is 0 Å². The molecule has 1 heterocycles. The monoisotopic (exact) mass is 206 g/mol. The minimum absolute atomic E-state index is 0.526. The highest BCUT2D eigenvalue weighted by atomic mass is 35.5. The Bertz CT molecular complexity index is 443. The molecule has 0 spiro atoms. The smallest absolute Gasteiger partial charge is 0.228 e. The Balaban J connectivity index is 2.55. The number of oxazole rings is 1. The molecule has 71 valence electrons. The zero-order valence-corrected chi connectivity index (χ0v) is 8.51. The van der Waals surface area contributed by atoms with E-state index in [4.69, 9.17) is 16.0 Å². The van der Waals surface area contributed by atoms with Crippen LogP contribution < -0.4 is 0 Å². The van der Waals surface area contributed by atoms with Crippen molar-refractivity contribution in [3.8, 4) is 11.5 Å². The van der Waals surface area contributed by atoms with E-state index in [1.807, 2.05) is 25.1 Å². The fraction of sp³-hybridized carbons (Fsp3) is 0.0909. The van der Waals surface area contributed by atoms with Crippen molar-refractivity contribution in [3.63, 3.8) is 0 Å². The number of hydrogen-bond donors (Lipinski definition) is 0. The molecule has 1 aromatic carbocycles. The molecule has 2 nitrogen and oxygen atoms in total. The molecule has 0 aliphatic carbocycles. The normalized spacial score (nSPS) is 10.5. The second kappa shape index (κ2) is 3.46. The predicted molar refractivity (Wildman–Crippen MR) is 56.1 cm³/mol. The first-order chi connectivity index (χ1) is 6.68. The molecular weight excluding hydrogens is 198 g/mol. The maximum absolute atomic E-state index is 6.00. The molecule has 3 heteroatoms. The summed E-state index contributed by atoms with van der Waals surface area (Å²) in [4.78, 5) is 4.18. The number of aryl methyl sites for hydroxylation is 1. The molecule has 0 fully saturated rings. The third-order valence-corrected chi connectivity index (χ3v) is 2.33. The van der Waals surface area contributed by atoms with Crippen molar-refractivity contribution in [3.05, 3.63) is 47.7 Å². The van der Waals surface area contributed by atoms with Gasteiger partial charge in [0.1, 0.15) is 5.76 Å². The Morgan fingerprint density at radius 1 is 1.36 bits per heavy atom. The summed E-state index contributed by atoms with van der Waals surface area (Å²) in [6.07, 6.45) is 0. The van der Waals surface area contributed by atoms with Crippen LogP contribution >= 0.6 is 11.6 Å². The molecular formula is C11H9ClNO. The lowest BCUT2D eigenvalue weighted by molar-refractivity contribution is 0.541. The summed E-state index contributed by atoms with van der Waals surface area (Å²) < 4.78 is 5.42. The van der Waals surface area contributed by atoms with Crippen LogP contribution in [-0.2, 0) is 0 Å². The highest BCUT2D eigenvalue weighted by Crippen LogP contribution is 2.27. The quantitative estimate of drug-likeness (QED) is 0.714. The summed E-state index contributed by atoms with van der Waals surface area (Å²) in [6, 6.07) is 7.43. The molecule has 0 amide bonds. The van der Waals surface area contributed by atoms with Crippen LogP contribution in [0.4, 0.5) is 0 Å². The molecule has 14 heavy (non-hydrogen) atoms. The van der Waals surface area contributed by atoms with Gasteiger partial charge in [-0.1, -0.05) is 23.7 Å². The summed E-state index contributed by atoms with van der Waals surface area (Å²) in [7, 11) is 0. The molecule has 0 saturated heterocycles. The zero-order valence-electron chi connectivity index (χ0n) is 7.75. The van der Waals surface area contributed by atoms with Crippen LogP contribution in [0, 0.1) is 13.8 Å². The number of aromatic nitrogens is 1. The fourth-order valence-corrected chi connectivity index (χ4v) is 1.39. The Kier molecular flexibility index (Phi) is 2.30. The average Bonchev–Trinajstić information content (AvgIpc) is 2.48. The van der Waals surface area contributed by atoms with Gasteiger partial charge in [-0.15, -0.1) is 0 Å². The van der Waals surface area contributed by atoms with Crippen molar-refractivity contribution in [2.45, 2.75) is 6.92 Å². The second-order valence-electron chi connectivity index (χ2n) is 3.00. The molecule has 0 aliphatic rings. The zero-order chi connectivity index (χ0) is 10.1.